The van der Waals surface area contributed by atoms with Gasteiger partial charge < -0.3 is 28.4 Å². The first kappa shape index (κ1) is 18.3. The van der Waals surface area contributed by atoms with Gasteiger partial charge in [-0.15, -0.1) is 6.58 Å². The van der Waals surface area contributed by atoms with Crippen molar-refractivity contribution in [3.63, 3.8) is 0 Å². The normalized spacial score (nSPS) is 44.7. The van der Waals surface area contributed by atoms with Gasteiger partial charge in [-0.1, -0.05) is 6.08 Å². The van der Waals surface area contributed by atoms with Crippen LogP contribution in [0.4, 0.5) is 0 Å². The van der Waals surface area contributed by atoms with Gasteiger partial charge in [0.05, 0.1) is 76.3 Å². The Morgan fingerprint density at radius 1 is 0.714 bits per heavy atom. The average molecular weight is 392 g/mol. The molecule has 0 bridgehead atoms. The zero-order chi connectivity index (χ0) is 18.7. The average Bonchev–Trinajstić information content (AvgIpc) is 3.49. The molecule has 6 saturated heterocycles. The van der Waals surface area contributed by atoms with E-state index in [4.69, 9.17) is 28.4 Å². The van der Waals surface area contributed by atoms with Gasteiger partial charge in [0.2, 0.25) is 0 Å². The number of hydrogen-bond acceptors (Lipinski definition) is 6. The molecule has 0 spiro atoms. The van der Waals surface area contributed by atoms with Crippen LogP contribution >= 0.6 is 0 Å². The van der Waals surface area contributed by atoms with E-state index in [0.29, 0.717) is 66.2 Å². The van der Waals surface area contributed by atoms with Crippen molar-refractivity contribution in [2.75, 3.05) is 39.6 Å². The zero-order valence-corrected chi connectivity index (χ0v) is 16.4. The highest BCUT2D eigenvalue weighted by Crippen LogP contribution is 2.51. The van der Waals surface area contributed by atoms with Crippen molar-refractivity contribution in [3.05, 3.63) is 12.7 Å². The third kappa shape index (κ3) is 4.18. The molecule has 6 nitrogen and oxygen atoms in total. The first-order valence-electron chi connectivity index (χ1n) is 11.1. The zero-order valence-electron chi connectivity index (χ0n) is 16.4. The van der Waals surface area contributed by atoms with Crippen LogP contribution in [-0.4, -0.2) is 76.3 Å². The molecular formula is C22H32O6. The number of ether oxygens (including phenoxy) is 6. The first-order valence-corrected chi connectivity index (χ1v) is 11.1. The number of rotatable bonds is 14. The summed E-state index contributed by atoms with van der Waals surface area (Å²) in [5, 5.41) is 0. The Morgan fingerprint density at radius 2 is 1.25 bits per heavy atom. The van der Waals surface area contributed by atoms with Crippen molar-refractivity contribution in [2.45, 2.75) is 55.9 Å². The minimum Gasteiger partial charge on any atom is -0.373 e. The van der Waals surface area contributed by atoms with Gasteiger partial charge in [0.15, 0.2) is 0 Å². The van der Waals surface area contributed by atoms with Gasteiger partial charge in [-0.05, 0) is 42.9 Å². The summed E-state index contributed by atoms with van der Waals surface area (Å²) in [7, 11) is 0. The van der Waals surface area contributed by atoms with Crippen LogP contribution in [-0.2, 0) is 28.4 Å². The second-order valence-corrected chi connectivity index (χ2v) is 9.55. The summed E-state index contributed by atoms with van der Waals surface area (Å²) < 4.78 is 34.6. The SMILES string of the molecule is C=CCC(CC(C1CO1)C1CO1)C(C1CO1)C(C1CO1)C(CC1CO1)C1CO1. The molecule has 0 amide bonds. The molecule has 6 aliphatic rings. The van der Waals surface area contributed by atoms with Crippen LogP contribution in [0.2, 0.25) is 0 Å². The van der Waals surface area contributed by atoms with Crippen LogP contribution in [0.15, 0.2) is 12.7 Å². The van der Waals surface area contributed by atoms with Gasteiger partial charge in [0, 0.05) is 5.92 Å². The Balaban J connectivity index is 1.25. The Kier molecular flexibility index (Phi) is 4.78. The lowest BCUT2D eigenvalue weighted by molar-refractivity contribution is 0.0583. The number of epoxide rings is 6. The Morgan fingerprint density at radius 3 is 1.71 bits per heavy atom. The first-order chi connectivity index (χ1) is 13.8. The third-order valence-electron chi connectivity index (χ3n) is 7.55. The van der Waals surface area contributed by atoms with Gasteiger partial charge in [-0.3, -0.25) is 0 Å². The monoisotopic (exact) mass is 392 g/mol. The van der Waals surface area contributed by atoms with Crippen LogP contribution in [0, 0.1) is 29.6 Å². The topological polar surface area (TPSA) is 75.2 Å². The Bertz CT molecular complexity index is 562. The standard InChI is InChI=1S/C22H32O6/c1-2-3-12(4-14(16-7-24-16)17-8-25-17)21(19-10-27-19)22(20-11-28-20)15(18-9-26-18)5-13-6-23-13/h2,12-22H,1,3-11H2. The molecule has 0 aliphatic carbocycles. The van der Waals surface area contributed by atoms with E-state index < -0.39 is 0 Å². The summed E-state index contributed by atoms with van der Waals surface area (Å²) in [5.74, 6) is 2.51. The summed E-state index contributed by atoms with van der Waals surface area (Å²) in [5.41, 5.74) is 0. The molecule has 10 atom stereocenters. The Hall–Kier alpha value is -0.500. The van der Waals surface area contributed by atoms with Crippen LogP contribution in [0.1, 0.15) is 19.3 Å². The smallest absolute Gasteiger partial charge is 0.0863 e. The molecule has 6 rings (SSSR count). The maximum absolute atomic E-state index is 5.94. The van der Waals surface area contributed by atoms with E-state index in [1.807, 2.05) is 0 Å². The van der Waals surface area contributed by atoms with Crippen molar-refractivity contribution >= 4 is 0 Å². The highest BCUT2D eigenvalue weighted by Gasteiger charge is 2.56. The van der Waals surface area contributed by atoms with E-state index in [2.05, 4.69) is 12.7 Å². The molecule has 0 N–H and O–H groups in total. The fourth-order valence-corrected chi connectivity index (χ4v) is 5.72. The fourth-order valence-electron chi connectivity index (χ4n) is 5.72. The summed E-state index contributed by atoms with van der Waals surface area (Å²) >= 11 is 0. The highest BCUT2D eigenvalue weighted by molar-refractivity contribution is 5.04. The number of allylic oxidation sites excluding steroid dienone is 1. The summed E-state index contributed by atoms with van der Waals surface area (Å²) in [6.07, 6.45) is 7.60. The third-order valence-corrected chi connectivity index (χ3v) is 7.55. The molecule has 6 heterocycles. The quantitative estimate of drug-likeness (QED) is 0.332. The van der Waals surface area contributed by atoms with Crippen LogP contribution in [0.5, 0.6) is 0 Å². The lowest BCUT2D eigenvalue weighted by atomic mass is 9.66. The van der Waals surface area contributed by atoms with E-state index in [1.54, 1.807) is 0 Å². The van der Waals surface area contributed by atoms with Gasteiger partial charge in [-0.2, -0.15) is 0 Å². The van der Waals surface area contributed by atoms with E-state index in [-0.39, 0.29) is 0 Å². The van der Waals surface area contributed by atoms with E-state index in [9.17, 15) is 0 Å². The summed E-state index contributed by atoms with van der Waals surface area (Å²) in [6, 6.07) is 0. The summed E-state index contributed by atoms with van der Waals surface area (Å²) in [6.45, 7) is 9.42. The van der Waals surface area contributed by atoms with E-state index in [0.717, 1.165) is 58.9 Å². The maximum Gasteiger partial charge on any atom is 0.0863 e. The minimum absolute atomic E-state index is 0.349. The molecule has 0 radical (unpaired) electrons. The van der Waals surface area contributed by atoms with E-state index in [1.165, 1.54) is 0 Å². The van der Waals surface area contributed by atoms with Crippen molar-refractivity contribution < 1.29 is 28.4 Å². The minimum atomic E-state index is 0.349. The maximum atomic E-state index is 5.94. The van der Waals surface area contributed by atoms with Gasteiger partial charge in [0.1, 0.15) is 0 Å². The molecular weight excluding hydrogens is 360 g/mol. The summed E-state index contributed by atoms with van der Waals surface area (Å²) in [4.78, 5) is 0. The number of hydrogen-bond donors (Lipinski definition) is 0. The Labute approximate surface area is 166 Å². The molecule has 0 saturated carbocycles. The molecule has 0 aromatic rings. The molecule has 156 valence electrons. The molecule has 0 aromatic heterocycles. The highest BCUT2D eigenvalue weighted by atomic mass is 16.6. The van der Waals surface area contributed by atoms with Crippen LogP contribution in [0.25, 0.3) is 0 Å². The predicted molar refractivity (Wildman–Crippen MR) is 99.9 cm³/mol. The lowest BCUT2D eigenvalue weighted by Crippen LogP contribution is -2.40. The molecule has 6 aliphatic heterocycles. The fraction of sp³-hybridized carbons (Fsp3) is 0.909. The lowest BCUT2D eigenvalue weighted by Gasteiger charge is -2.37. The molecule has 28 heavy (non-hydrogen) atoms. The predicted octanol–water partition coefficient (Wildman–Crippen LogP) is 1.82. The van der Waals surface area contributed by atoms with Crippen LogP contribution < -0.4 is 0 Å². The van der Waals surface area contributed by atoms with Gasteiger partial charge in [0.25, 0.3) is 0 Å². The molecule has 6 heteroatoms. The second kappa shape index (κ2) is 7.33. The van der Waals surface area contributed by atoms with E-state index >= 15 is 0 Å². The van der Waals surface area contributed by atoms with Gasteiger partial charge >= 0.3 is 0 Å². The van der Waals surface area contributed by atoms with Crippen molar-refractivity contribution in [3.8, 4) is 0 Å². The molecule has 10 unspecified atom stereocenters. The second-order valence-electron chi connectivity index (χ2n) is 9.55. The van der Waals surface area contributed by atoms with Crippen molar-refractivity contribution in [2.24, 2.45) is 29.6 Å². The van der Waals surface area contributed by atoms with Crippen LogP contribution in [0.3, 0.4) is 0 Å². The molecule has 0 aromatic carbocycles. The van der Waals surface area contributed by atoms with Gasteiger partial charge in [-0.25, -0.2) is 0 Å². The largest absolute Gasteiger partial charge is 0.373 e. The van der Waals surface area contributed by atoms with Crippen molar-refractivity contribution in [1.29, 1.82) is 0 Å². The van der Waals surface area contributed by atoms with Crippen molar-refractivity contribution in [1.82, 2.24) is 0 Å². The molecule has 6 fully saturated rings.